The number of nitrogens with zero attached hydrogens (tertiary/aromatic N) is 3. The Labute approximate surface area is 155 Å². The summed E-state index contributed by atoms with van der Waals surface area (Å²) in [6.07, 6.45) is 3.30. The van der Waals surface area contributed by atoms with E-state index in [1.165, 1.54) is 0 Å². The SMILES string of the molecule is CC1(C)OC2=C(C(=O)C(=O)c3ccccc32)C1n1cc(CCCCl)nn1. The van der Waals surface area contributed by atoms with Gasteiger partial charge in [-0.05, 0) is 26.7 Å². The molecule has 1 aliphatic carbocycles. The second-order valence-corrected chi connectivity index (χ2v) is 7.42. The number of benzene rings is 1. The van der Waals surface area contributed by atoms with Gasteiger partial charge in [-0.15, -0.1) is 16.7 Å². The zero-order chi connectivity index (χ0) is 18.5. The molecule has 0 saturated carbocycles. The van der Waals surface area contributed by atoms with Gasteiger partial charge in [0.15, 0.2) is 0 Å². The molecule has 6 nitrogen and oxygen atoms in total. The normalized spacial score (nSPS) is 20.8. The quantitative estimate of drug-likeness (QED) is 0.610. The fourth-order valence-corrected chi connectivity index (χ4v) is 3.78. The maximum Gasteiger partial charge on any atom is 0.235 e. The van der Waals surface area contributed by atoms with Crippen LogP contribution in [0.5, 0.6) is 0 Å². The smallest absolute Gasteiger partial charge is 0.235 e. The number of Topliss-reactive ketones (excluding diaryl/α,β-unsaturated/α-hetero) is 2. The number of carbonyl (C=O) groups is 2. The first-order chi connectivity index (χ1) is 12.4. The minimum atomic E-state index is -0.741. The molecule has 0 amide bonds. The molecule has 0 fully saturated rings. The second kappa shape index (κ2) is 6.06. The Morgan fingerprint density at radius 2 is 1.92 bits per heavy atom. The van der Waals surface area contributed by atoms with Gasteiger partial charge in [0.2, 0.25) is 11.6 Å². The van der Waals surface area contributed by atoms with E-state index >= 15 is 0 Å². The highest BCUT2D eigenvalue weighted by Crippen LogP contribution is 2.49. The predicted molar refractivity (Wildman–Crippen MR) is 96.0 cm³/mol. The van der Waals surface area contributed by atoms with Crippen molar-refractivity contribution in [2.45, 2.75) is 38.3 Å². The number of hydrogen-bond acceptors (Lipinski definition) is 5. The fourth-order valence-electron chi connectivity index (χ4n) is 3.65. The number of rotatable bonds is 4. The summed E-state index contributed by atoms with van der Waals surface area (Å²) in [4.78, 5) is 25.4. The van der Waals surface area contributed by atoms with Crippen LogP contribution in [0.3, 0.4) is 0 Å². The van der Waals surface area contributed by atoms with E-state index in [1.807, 2.05) is 19.9 Å². The highest BCUT2D eigenvalue weighted by Gasteiger charge is 2.52. The molecule has 0 spiro atoms. The molecular formula is C19H18ClN3O3. The first-order valence-electron chi connectivity index (χ1n) is 8.52. The number of aromatic nitrogens is 3. The number of hydrogen-bond donors (Lipinski definition) is 0. The van der Waals surface area contributed by atoms with Crippen molar-refractivity contribution < 1.29 is 14.3 Å². The Bertz CT molecular complexity index is 945. The van der Waals surface area contributed by atoms with Gasteiger partial charge in [0.1, 0.15) is 17.4 Å². The van der Waals surface area contributed by atoms with Crippen LogP contribution in [0, 0.1) is 0 Å². The van der Waals surface area contributed by atoms with Crippen molar-refractivity contribution >= 4 is 28.9 Å². The molecule has 7 heteroatoms. The van der Waals surface area contributed by atoms with Crippen LogP contribution < -0.4 is 0 Å². The third-order valence-electron chi connectivity index (χ3n) is 4.80. The number of alkyl halides is 1. The largest absolute Gasteiger partial charge is 0.484 e. The van der Waals surface area contributed by atoms with Gasteiger partial charge >= 0.3 is 0 Å². The summed E-state index contributed by atoms with van der Waals surface area (Å²) >= 11 is 5.74. The van der Waals surface area contributed by atoms with Gasteiger partial charge in [-0.1, -0.05) is 29.5 Å². The van der Waals surface area contributed by atoms with E-state index in [-0.39, 0.29) is 0 Å². The van der Waals surface area contributed by atoms with Crippen LogP contribution in [0.1, 0.15) is 47.9 Å². The third-order valence-corrected chi connectivity index (χ3v) is 5.06. The fraction of sp³-hybridized carbons (Fsp3) is 0.368. The zero-order valence-corrected chi connectivity index (χ0v) is 15.3. The molecule has 2 aliphatic rings. The first-order valence-corrected chi connectivity index (χ1v) is 9.06. The molecule has 0 saturated heterocycles. The van der Waals surface area contributed by atoms with Crippen LogP contribution in [0.4, 0.5) is 0 Å². The number of carbonyl (C=O) groups excluding carboxylic acids is 2. The lowest BCUT2D eigenvalue weighted by Gasteiger charge is -2.27. The molecule has 1 atom stereocenters. The van der Waals surface area contributed by atoms with Crippen molar-refractivity contribution in [2.24, 2.45) is 0 Å². The van der Waals surface area contributed by atoms with E-state index in [2.05, 4.69) is 10.3 Å². The minimum Gasteiger partial charge on any atom is -0.484 e. The molecule has 2 heterocycles. The van der Waals surface area contributed by atoms with E-state index in [9.17, 15) is 9.59 Å². The molecule has 0 radical (unpaired) electrons. The Hall–Kier alpha value is -2.47. The van der Waals surface area contributed by atoms with Crippen molar-refractivity contribution in [3.8, 4) is 0 Å². The van der Waals surface area contributed by atoms with E-state index in [4.69, 9.17) is 16.3 Å². The lowest BCUT2D eigenvalue weighted by atomic mass is 9.83. The van der Waals surface area contributed by atoms with Crippen LogP contribution in [0.15, 0.2) is 36.0 Å². The van der Waals surface area contributed by atoms with Crippen LogP contribution in [0.2, 0.25) is 0 Å². The Morgan fingerprint density at radius 3 is 2.65 bits per heavy atom. The second-order valence-electron chi connectivity index (χ2n) is 7.04. The Kier molecular flexibility index (Phi) is 3.95. The summed E-state index contributed by atoms with van der Waals surface area (Å²) < 4.78 is 7.78. The molecule has 0 N–H and O–H groups in total. The van der Waals surface area contributed by atoms with E-state index in [0.717, 1.165) is 12.1 Å². The molecule has 1 aliphatic heterocycles. The lowest BCUT2D eigenvalue weighted by molar-refractivity contribution is -0.112. The van der Waals surface area contributed by atoms with Crippen LogP contribution >= 0.6 is 11.6 Å². The molecular weight excluding hydrogens is 354 g/mol. The number of ether oxygens (including phenoxy) is 1. The monoisotopic (exact) mass is 371 g/mol. The maximum atomic E-state index is 12.9. The molecule has 4 rings (SSSR count). The Morgan fingerprint density at radius 1 is 1.19 bits per heavy atom. The lowest BCUT2D eigenvalue weighted by Crippen LogP contribution is -2.35. The van der Waals surface area contributed by atoms with Crippen molar-refractivity contribution in [1.82, 2.24) is 15.0 Å². The molecule has 1 aromatic heterocycles. The summed E-state index contributed by atoms with van der Waals surface area (Å²) in [5.41, 5.74) is 1.45. The van der Waals surface area contributed by atoms with Gasteiger partial charge in [0.25, 0.3) is 0 Å². The van der Waals surface area contributed by atoms with Crippen molar-refractivity contribution in [3.05, 3.63) is 52.9 Å². The van der Waals surface area contributed by atoms with Crippen molar-refractivity contribution in [2.75, 3.05) is 5.88 Å². The molecule has 2 aromatic rings. The average Bonchev–Trinajstić information content (AvgIpc) is 3.19. The number of aryl methyl sites for hydroxylation is 1. The van der Waals surface area contributed by atoms with E-state index in [0.29, 0.717) is 34.8 Å². The zero-order valence-electron chi connectivity index (χ0n) is 14.5. The summed E-state index contributed by atoms with van der Waals surface area (Å²) in [5, 5.41) is 8.37. The Balaban J connectivity index is 1.83. The number of halogens is 1. The summed E-state index contributed by atoms with van der Waals surface area (Å²) in [5.74, 6) is -0.0255. The minimum absolute atomic E-state index is 0.354. The topological polar surface area (TPSA) is 74.1 Å². The number of ketones is 2. The van der Waals surface area contributed by atoms with Gasteiger partial charge in [-0.3, -0.25) is 9.59 Å². The molecule has 1 unspecified atom stereocenters. The maximum absolute atomic E-state index is 12.9. The van der Waals surface area contributed by atoms with E-state index in [1.54, 1.807) is 29.1 Å². The highest BCUT2D eigenvalue weighted by molar-refractivity contribution is 6.52. The van der Waals surface area contributed by atoms with Gasteiger partial charge < -0.3 is 4.74 Å². The van der Waals surface area contributed by atoms with Crippen LogP contribution in [-0.2, 0) is 16.0 Å². The summed E-state index contributed by atoms with van der Waals surface area (Å²) in [7, 11) is 0. The van der Waals surface area contributed by atoms with Gasteiger partial charge in [0, 0.05) is 23.2 Å². The highest BCUT2D eigenvalue weighted by atomic mass is 35.5. The van der Waals surface area contributed by atoms with Crippen molar-refractivity contribution in [1.29, 1.82) is 0 Å². The average molecular weight is 372 g/mol. The number of fused-ring (bicyclic) bond motifs is 2. The van der Waals surface area contributed by atoms with Crippen LogP contribution in [0.25, 0.3) is 5.76 Å². The van der Waals surface area contributed by atoms with Gasteiger partial charge in [-0.25, -0.2) is 4.68 Å². The first kappa shape index (κ1) is 17.0. The van der Waals surface area contributed by atoms with Crippen molar-refractivity contribution in [3.63, 3.8) is 0 Å². The standard InChI is InChI=1S/C19H18ClN3O3/c1-19(2)18(23-10-11(21-22-23)6-5-9-20)14-16(25)15(24)12-7-3-4-8-13(12)17(14)26-19/h3-4,7-8,10,18H,5-6,9H2,1-2H3. The summed E-state index contributed by atoms with van der Waals surface area (Å²) in [6, 6.07) is 6.52. The van der Waals surface area contributed by atoms with Crippen LogP contribution in [-0.4, -0.2) is 38.0 Å². The molecule has 134 valence electrons. The molecule has 1 aromatic carbocycles. The molecule has 26 heavy (non-hydrogen) atoms. The third kappa shape index (κ3) is 2.48. The molecule has 0 bridgehead atoms. The predicted octanol–water partition coefficient (Wildman–Crippen LogP) is 2.98. The summed E-state index contributed by atoms with van der Waals surface area (Å²) in [6.45, 7) is 3.77. The van der Waals surface area contributed by atoms with Gasteiger partial charge in [-0.2, -0.15) is 0 Å². The van der Waals surface area contributed by atoms with Gasteiger partial charge in [0.05, 0.1) is 11.3 Å². The van der Waals surface area contributed by atoms with E-state index < -0.39 is 23.2 Å².